The zero-order chi connectivity index (χ0) is 40.4. The molecule has 0 saturated heterocycles. The van der Waals surface area contributed by atoms with Crippen LogP contribution in [0.3, 0.4) is 0 Å². The summed E-state index contributed by atoms with van der Waals surface area (Å²) in [7, 11) is -3.10. The zero-order valence-corrected chi connectivity index (χ0v) is 38.4. The molecule has 0 saturated carbocycles. The second-order valence-electron chi connectivity index (χ2n) is 22.5. The van der Waals surface area contributed by atoms with E-state index in [1.807, 2.05) is 0 Å². The molecule has 0 bridgehead atoms. The molecule has 0 N–H and O–H groups in total. The highest BCUT2D eigenvalue weighted by atomic mass is 28.3. The van der Waals surface area contributed by atoms with Gasteiger partial charge in [-0.2, -0.15) is 0 Å². The van der Waals surface area contributed by atoms with Crippen LogP contribution in [-0.4, -0.2) is 8.07 Å². The van der Waals surface area contributed by atoms with Gasteiger partial charge in [-0.3, -0.25) is 0 Å². The Kier molecular flexibility index (Phi) is 10.8. The standard InChI is InChI=1S/C53H72Si/c1-48(2,3)37-27-38(49(4,5)6)31-43(30-37)54(47-26-22-25-46(47)36-23-20-19-21-24-36,44-32-39(50(7,8)9)28-40(33-44)51(10,11)12)45-34-41(52(13,14)15)29-42(35-45)53(16,17)18/h19-21,23-35H,22H2,1-18H3. The van der Waals surface area contributed by atoms with Crippen molar-refractivity contribution in [3.05, 3.63) is 141 Å². The summed E-state index contributed by atoms with van der Waals surface area (Å²) in [6.07, 6.45) is 6.08. The average molecular weight is 737 g/mol. The molecule has 1 aliphatic carbocycles. The summed E-state index contributed by atoms with van der Waals surface area (Å²) < 4.78 is 0. The van der Waals surface area contributed by atoms with Crippen LogP contribution in [0.15, 0.2) is 102 Å². The van der Waals surface area contributed by atoms with E-state index in [-0.39, 0.29) is 32.5 Å². The van der Waals surface area contributed by atoms with Crippen molar-refractivity contribution in [2.45, 2.75) is 164 Å². The highest BCUT2D eigenvalue weighted by molar-refractivity contribution is 7.17. The fourth-order valence-electron chi connectivity index (χ4n) is 7.86. The van der Waals surface area contributed by atoms with Crippen LogP contribution in [0, 0.1) is 0 Å². The van der Waals surface area contributed by atoms with Gasteiger partial charge in [0.2, 0.25) is 0 Å². The van der Waals surface area contributed by atoms with Crippen molar-refractivity contribution in [1.29, 1.82) is 0 Å². The van der Waals surface area contributed by atoms with Gasteiger partial charge in [-0.1, -0.05) is 222 Å². The Labute approximate surface area is 332 Å². The van der Waals surface area contributed by atoms with Crippen molar-refractivity contribution in [2.75, 3.05) is 0 Å². The van der Waals surface area contributed by atoms with Crippen molar-refractivity contribution in [1.82, 2.24) is 0 Å². The van der Waals surface area contributed by atoms with Crippen LogP contribution in [0.1, 0.15) is 170 Å². The Morgan fingerprint density at radius 1 is 0.352 bits per heavy atom. The smallest absolute Gasteiger partial charge is 0.0798 e. The number of allylic oxidation sites excluding steroid dienone is 4. The van der Waals surface area contributed by atoms with E-state index in [4.69, 9.17) is 0 Å². The summed E-state index contributed by atoms with van der Waals surface area (Å²) in [6.45, 7) is 43.0. The van der Waals surface area contributed by atoms with Crippen LogP contribution in [0.5, 0.6) is 0 Å². The maximum Gasteiger partial charge on any atom is 0.179 e. The van der Waals surface area contributed by atoms with E-state index in [2.05, 4.69) is 222 Å². The lowest BCUT2D eigenvalue weighted by molar-refractivity contribution is 0.569. The zero-order valence-electron chi connectivity index (χ0n) is 37.4. The minimum atomic E-state index is -3.10. The molecule has 0 atom stereocenters. The molecule has 0 aromatic heterocycles. The SMILES string of the molecule is CC(C)(C)c1cc(C(C)(C)C)cc([Si](C2=CCC=C2c2ccccc2)(c2cc(C(C)(C)C)cc(C(C)(C)C)c2)c2cc(C(C)(C)C)cc(C(C)(C)C)c2)c1. The van der Waals surface area contributed by atoms with E-state index in [1.165, 1.54) is 65.3 Å². The van der Waals surface area contributed by atoms with Gasteiger partial charge in [-0.25, -0.2) is 0 Å². The van der Waals surface area contributed by atoms with Crippen molar-refractivity contribution in [3.8, 4) is 0 Å². The molecule has 0 spiro atoms. The first-order valence-electron chi connectivity index (χ1n) is 20.5. The monoisotopic (exact) mass is 737 g/mol. The van der Waals surface area contributed by atoms with E-state index in [1.54, 1.807) is 0 Å². The van der Waals surface area contributed by atoms with Gasteiger partial charge >= 0.3 is 0 Å². The number of rotatable bonds is 5. The minimum absolute atomic E-state index is 0.0219. The summed E-state index contributed by atoms with van der Waals surface area (Å²) >= 11 is 0. The molecular weight excluding hydrogens is 665 g/mol. The van der Waals surface area contributed by atoms with Crippen LogP contribution in [0.4, 0.5) is 0 Å². The molecule has 0 nitrogen and oxygen atoms in total. The van der Waals surface area contributed by atoms with Crippen LogP contribution < -0.4 is 15.6 Å². The third-order valence-electron chi connectivity index (χ3n) is 11.7. The van der Waals surface area contributed by atoms with Crippen molar-refractivity contribution in [3.63, 3.8) is 0 Å². The van der Waals surface area contributed by atoms with Crippen molar-refractivity contribution >= 4 is 29.2 Å². The van der Waals surface area contributed by atoms with Gasteiger partial charge in [0.25, 0.3) is 0 Å². The van der Waals surface area contributed by atoms with E-state index in [9.17, 15) is 0 Å². The predicted octanol–water partition coefficient (Wildman–Crippen LogP) is 12.9. The van der Waals surface area contributed by atoms with Gasteiger partial charge in [-0.05, 0) is 104 Å². The molecule has 1 heteroatoms. The predicted molar refractivity (Wildman–Crippen MR) is 243 cm³/mol. The Morgan fingerprint density at radius 2 is 0.630 bits per heavy atom. The van der Waals surface area contributed by atoms with Crippen molar-refractivity contribution in [2.24, 2.45) is 0 Å². The molecule has 54 heavy (non-hydrogen) atoms. The number of hydrogen-bond donors (Lipinski definition) is 0. The van der Waals surface area contributed by atoms with E-state index in [0.717, 1.165) is 6.42 Å². The Bertz CT molecular complexity index is 1780. The highest BCUT2D eigenvalue weighted by Crippen LogP contribution is 2.40. The van der Waals surface area contributed by atoms with Gasteiger partial charge in [-0.15, -0.1) is 0 Å². The second kappa shape index (κ2) is 13.9. The molecule has 5 rings (SSSR count). The molecule has 0 heterocycles. The highest BCUT2D eigenvalue weighted by Gasteiger charge is 2.48. The minimum Gasteiger partial charge on any atom is -0.0798 e. The van der Waals surface area contributed by atoms with Gasteiger partial charge in [0.05, 0.1) is 0 Å². The Morgan fingerprint density at radius 3 is 0.889 bits per heavy atom. The summed E-state index contributed by atoms with van der Waals surface area (Å²) in [4.78, 5) is 0. The van der Waals surface area contributed by atoms with E-state index < -0.39 is 8.07 Å². The topological polar surface area (TPSA) is 0 Å². The molecule has 0 fully saturated rings. The molecule has 0 radical (unpaired) electrons. The molecular formula is C53H72Si. The van der Waals surface area contributed by atoms with Crippen LogP contribution >= 0.6 is 0 Å². The largest absolute Gasteiger partial charge is 0.179 e. The van der Waals surface area contributed by atoms with Crippen LogP contribution in [-0.2, 0) is 32.5 Å². The van der Waals surface area contributed by atoms with Gasteiger partial charge in [0.15, 0.2) is 8.07 Å². The third kappa shape index (κ3) is 8.38. The molecule has 0 amide bonds. The number of benzene rings is 4. The lowest BCUT2D eigenvalue weighted by Crippen LogP contribution is -2.69. The molecule has 288 valence electrons. The third-order valence-corrected chi connectivity index (χ3v) is 16.5. The summed E-state index contributed by atoms with van der Waals surface area (Å²) in [5.74, 6) is 0. The first-order valence-corrected chi connectivity index (χ1v) is 22.5. The fourth-order valence-corrected chi connectivity index (χ4v) is 13.1. The average Bonchev–Trinajstić information content (AvgIpc) is 3.53. The van der Waals surface area contributed by atoms with Crippen molar-refractivity contribution < 1.29 is 0 Å². The molecule has 1 aliphatic rings. The number of hydrogen-bond acceptors (Lipinski definition) is 0. The maximum atomic E-state index is 2.64. The quantitative estimate of drug-likeness (QED) is 0.141. The van der Waals surface area contributed by atoms with Crippen LogP contribution in [0.25, 0.3) is 5.57 Å². The van der Waals surface area contributed by atoms with Gasteiger partial charge < -0.3 is 0 Å². The second-order valence-corrected chi connectivity index (χ2v) is 26.3. The summed E-state index contributed by atoms with van der Waals surface area (Å²) in [5.41, 5.74) is 11.1. The molecule has 0 unspecified atom stereocenters. The molecule has 4 aromatic carbocycles. The van der Waals surface area contributed by atoms with Gasteiger partial charge in [0, 0.05) is 0 Å². The van der Waals surface area contributed by atoms with E-state index >= 15 is 0 Å². The van der Waals surface area contributed by atoms with E-state index in [0.29, 0.717) is 0 Å². The first-order chi connectivity index (χ1) is 24.5. The summed E-state index contributed by atoms with van der Waals surface area (Å²) in [5, 5.41) is 6.00. The van der Waals surface area contributed by atoms with Crippen LogP contribution in [0.2, 0.25) is 0 Å². The molecule has 4 aromatic rings. The fraction of sp³-hybridized carbons (Fsp3) is 0.472. The Balaban J connectivity index is 2.17. The summed E-state index contributed by atoms with van der Waals surface area (Å²) in [6, 6.07) is 34.6. The Hall–Kier alpha value is -3.42. The first kappa shape index (κ1) is 41.7. The lowest BCUT2D eigenvalue weighted by Gasteiger charge is -2.41. The molecule has 0 aliphatic heterocycles. The normalized spacial score (nSPS) is 15.0. The lowest BCUT2D eigenvalue weighted by atomic mass is 9.80. The van der Waals surface area contributed by atoms with Gasteiger partial charge in [0.1, 0.15) is 0 Å². The maximum absolute atomic E-state index is 3.10.